The van der Waals surface area contributed by atoms with Crippen LogP contribution in [0.1, 0.15) is 6.42 Å². The monoisotopic (exact) mass is 341 g/mol. The van der Waals surface area contributed by atoms with Gasteiger partial charge in [0.05, 0.1) is 17.1 Å². The van der Waals surface area contributed by atoms with Crippen molar-refractivity contribution in [3.63, 3.8) is 0 Å². The Hall–Kier alpha value is -2.68. The molecule has 0 aliphatic carbocycles. The normalized spacial score (nSPS) is 17.6. The minimum atomic E-state index is -0.183. The second-order valence-corrected chi connectivity index (χ2v) is 6.61. The Bertz CT molecular complexity index is 860. The Morgan fingerprint density at radius 1 is 1.38 bits per heavy atom. The molecule has 122 valence electrons. The summed E-state index contributed by atoms with van der Waals surface area (Å²) in [7, 11) is 1.84. The van der Waals surface area contributed by atoms with Crippen molar-refractivity contribution >= 4 is 23.4 Å². The quantitative estimate of drug-likeness (QED) is 0.773. The van der Waals surface area contributed by atoms with Gasteiger partial charge in [-0.05, 0) is 18.6 Å². The molecule has 0 aromatic carbocycles. The molecular formula is C15H15N7OS. The molecule has 0 saturated carbocycles. The first-order valence-electron chi connectivity index (χ1n) is 7.51. The summed E-state index contributed by atoms with van der Waals surface area (Å²) in [6, 6.07) is 5.60. The van der Waals surface area contributed by atoms with Crippen LogP contribution in [0.3, 0.4) is 0 Å². The van der Waals surface area contributed by atoms with Crippen LogP contribution in [-0.2, 0) is 11.8 Å². The highest BCUT2D eigenvalue weighted by Gasteiger charge is 2.34. The summed E-state index contributed by atoms with van der Waals surface area (Å²) in [5.41, 5.74) is 1.56. The molecule has 1 fully saturated rings. The summed E-state index contributed by atoms with van der Waals surface area (Å²) in [4.78, 5) is 23.0. The molecule has 0 bridgehead atoms. The average Bonchev–Trinajstić information content (AvgIpc) is 3.31. The number of aromatic nitrogens is 6. The van der Waals surface area contributed by atoms with Gasteiger partial charge in [0.1, 0.15) is 5.69 Å². The number of anilines is 1. The molecule has 24 heavy (non-hydrogen) atoms. The van der Waals surface area contributed by atoms with E-state index in [9.17, 15) is 4.79 Å². The SMILES string of the molecule is Cn1cc(N2CC[C@H](Sc3n[nH]c(-c4ccccn4)n3)C2=O)cn1. The van der Waals surface area contributed by atoms with Crippen LogP contribution in [0.2, 0.25) is 0 Å². The van der Waals surface area contributed by atoms with Gasteiger partial charge in [0.15, 0.2) is 5.82 Å². The zero-order valence-corrected chi connectivity index (χ0v) is 13.8. The number of nitrogens with zero attached hydrogens (tertiary/aromatic N) is 6. The third-order valence-electron chi connectivity index (χ3n) is 3.78. The van der Waals surface area contributed by atoms with Crippen LogP contribution in [0.5, 0.6) is 0 Å². The van der Waals surface area contributed by atoms with Crippen LogP contribution < -0.4 is 4.90 Å². The van der Waals surface area contributed by atoms with Crippen LogP contribution in [0.25, 0.3) is 11.5 Å². The van der Waals surface area contributed by atoms with Crippen molar-refractivity contribution in [1.82, 2.24) is 29.9 Å². The fraction of sp³-hybridized carbons (Fsp3) is 0.267. The summed E-state index contributed by atoms with van der Waals surface area (Å²) in [5.74, 6) is 0.671. The number of hydrogen-bond donors (Lipinski definition) is 1. The molecule has 1 aliphatic heterocycles. The number of pyridine rings is 1. The van der Waals surface area contributed by atoms with Gasteiger partial charge in [0.2, 0.25) is 11.1 Å². The molecule has 4 heterocycles. The number of H-pyrrole nitrogens is 1. The molecule has 3 aromatic heterocycles. The highest BCUT2D eigenvalue weighted by molar-refractivity contribution is 8.00. The Morgan fingerprint density at radius 3 is 3.04 bits per heavy atom. The standard InChI is InChI=1S/C15H15N7OS/c1-21-9-10(8-17-21)22-7-5-12(14(22)23)24-15-18-13(19-20-15)11-4-2-3-6-16-11/h2-4,6,8-9,12H,5,7H2,1H3,(H,18,19,20)/t12-/m0/s1. The minimum Gasteiger partial charge on any atom is -0.308 e. The summed E-state index contributed by atoms with van der Waals surface area (Å²) < 4.78 is 1.69. The molecule has 0 unspecified atom stereocenters. The van der Waals surface area contributed by atoms with Crippen molar-refractivity contribution in [3.05, 3.63) is 36.8 Å². The van der Waals surface area contributed by atoms with Gasteiger partial charge in [0, 0.05) is 26.0 Å². The Balaban J connectivity index is 1.47. The predicted molar refractivity (Wildman–Crippen MR) is 89.4 cm³/mol. The fourth-order valence-corrected chi connectivity index (χ4v) is 3.56. The van der Waals surface area contributed by atoms with E-state index in [4.69, 9.17) is 0 Å². The topological polar surface area (TPSA) is 92.6 Å². The smallest absolute Gasteiger partial charge is 0.240 e. The molecule has 3 aromatic rings. The van der Waals surface area contributed by atoms with Crippen LogP contribution in [0.15, 0.2) is 41.9 Å². The molecule has 9 heteroatoms. The number of aromatic amines is 1. The van der Waals surface area contributed by atoms with E-state index in [0.29, 0.717) is 17.5 Å². The number of amides is 1. The van der Waals surface area contributed by atoms with Crippen molar-refractivity contribution in [2.24, 2.45) is 7.05 Å². The van der Waals surface area contributed by atoms with E-state index in [1.54, 1.807) is 22.0 Å². The average molecular weight is 341 g/mol. The van der Waals surface area contributed by atoms with Crippen LogP contribution >= 0.6 is 11.8 Å². The van der Waals surface area contributed by atoms with Gasteiger partial charge < -0.3 is 4.90 Å². The van der Waals surface area contributed by atoms with E-state index in [1.165, 1.54) is 11.8 Å². The molecule has 1 amide bonds. The number of aryl methyl sites for hydroxylation is 1. The molecule has 4 rings (SSSR count). The van der Waals surface area contributed by atoms with Gasteiger partial charge in [-0.25, -0.2) is 0 Å². The maximum absolute atomic E-state index is 12.6. The maximum atomic E-state index is 12.6. The lowest BCUT2D eigenvalue weighted by Gasteiger charge is -2.13. The van der Waals surface area contributed by atoms with Crippen molar-refractivity contribution in [3.8, 4) is 11.5 Å². The summed E-state index contributed by atoms with van der Waals surface area (Å²) >= 11 is 1.38. The highest BCUT2D eigenvalue weighted by Crippen LogP contribution is 2.31. The Labute approximate surface area is 142 Å². The van der Waals surface area contributed by atoms with Crippen LogP contribution in [-0.4, -0.2) is 47.6 Å². The number of hydrogen-bond acceptors (Lipinski definition) is 6. The number of nitrogens with one attached hydrogen (secondary N) is 1. The van der Waals surface area contributed by atoms with E-state index in [-0.39, 0.29) is 11.2 Å². The van der Waals surface area contributed by atoms with Gasteiger partial charge in [0.25, 0.3) is 0 Å². The van der Waals surface area contributed by atoms with E-state index >= 15 is 0 Å². The highest BCUT2D eigenvalue weighted by atomic mass is 32.2. The number of rotatable bonds is 4. The lowest BCUT2D eigenvalue weighted by Crippen LogP contribution is -2.27. The molecule has 0 spiro atoms. The molecule has 1 atom stereocenters. The van der Waals surface area contributed by atoms with E-state index in [0.717, 1.165) is 17.8 Å². The number of carbonyl (C=O) groups is 1. The first-order chi connectivity index (χ1) is 11.7. The molecule has 8 nitrogen and oxygen atoms in total. The summed E-state index contributed by atoms with van der Waals surface area (Å²) in [6.07, 6.45) is 6.01. The molecule has 1 N–H and O–H groups in total. The second-order valence-electron chi connectivity index (χ2n) is 5.44. The lowest BCUT2D eigenvalue weighted by atomic mass is 10.3. The Kier molecular flexibility index (Phi) is 3.77. The molecule has 1 saturated heterocycles. The number of carbonyl (C=O) groups excluding carboxylic acids is 1. The van der Waals surface area contributed by atoms with E-state index in [2.05, 4.69) is 25.3 Å². The Morgan fingerprint density at radius 2 is 2.29 bits per heavy atom. The van der Waals surface area contributed by atoms with Gasteiger partial charge in [-0.15, -0.1) is 5.10 Å². The molecule has 0 radical (unpaired) electrons. The van der Waals surface area contributed by atoms with E-state index < -0.39 is 0 Å². The van der Waals surface area contributed by atoms with Gasteiger partial charge in [-0.1, -0.05) is 17.8 Å². The lowest BCUT2D eigenvalue weighted by molar-refractivity contribution is -0.116. The van der Waals surface area contributed by atoms with Gasteiger partial charge in [-0.3, -0.25) is 19.6 Å². The first-order valence-corrected chi connectivity index (χ1v) is 8.39. The zero-order valence-electron chi connectivity index (χ0n) is 13.0. The minimum absolute atomic E-state index is 0.0668. The first kappa shape index (κ1) is 14.9. The van der Waals surface area contributed by atoms with Crippen LogP contribution in [0.4, 0.5) is 5.69 Å². The molecule has 1 aliphatic rings. The van der Waals surface area contributed by atoms with Crippen molar-refractivity contribution in [2.75, 3.05) is 11.4 Å². The van der Waals surface area contributed by atoms with Gasteiger partial charge in [-0.2, -0.15) is 10.1 Å². The third-order valence-corrected chi connectivity index (χ3v) is 4.89. The zero-order chi connectivity index (χ0) is 16.5. The van der Waals surface area contributed by atoms with Crippen molar-refractivity contribution < 1.29 is 4.79 Å². The maximum Gasteiger partial charge on any atom is 0.240 e. The van der Waals surface area contributed by atoms with Crippen molar-refractivity contribution in [1.29, 1.82) is 0 Å². The largest absolute Gasteiger partial charge is 0.308 e. The predicted octanol–water partition coefficient (Wildman–Crippen LogP) is 1.50. The van der Waals surface area contributed by atoms with E-state index in [1.807, 2.05) is 31.4 Å². The van der Waals surface area contributed by atoms with Gasteiger partial charge >= 0.3 is 0 Å². The number of thioether (sulfide) groups is 1. The van der Waals surface area contributed by atoms with Crippen LogP contribution in [0, 0.1) is 0 Å². The van der Waals surface area contributed by atoms with Crippen molar-refractivity contribution in [2.45, 2.75) is 16.8 Å². The summed E-state index contributed by atoms with van der Waals surface area (Å²) in [5, 5.41) is 11.6. The fourth-order valence-electron chi connectivity index (χ4n) is 2.61. The summed E-state index contributed by atoms with van der Waals surface area (Å²) in [6.45, 7) is 0.680. The molecular weight excluding hydrogens is 326 g/mol. The third kappa shape index (κ3) is 2.78. The second kappa shape index (κ2) is 6.08.